The summed E-state index contributed by atoms with van der Waals surface area (Å²) in [6, 6.07) is 13.1. The number of hydrogen-bond donors (Lipinski definition) is 1. The van der Waals surface area contributed by atoms with E-state index in [2.05, 4.69) is 73.6 Å². The van der Waals surface area contributed by atoms with Gasteiger partial charge in [0.25, 0.3) is 0 Å². The second-order valence-corrected chi connectivity index (χ2v) is 18.7. The van der Waals surface area contributed by atoms with E-state index in [-0.39, 0.29) is 5.41 Å². The number of aromatic nitrogens is 1. The predicted molar refractivity (Wildman–Crippen MR) is 213 cm³/mol. The van der Waals surface area contributed by atoms with Crippen LogP contribution in [-0.2, 0) is 35.6 Å². The van der Waals surface area contributed by atoms with Crippen molar-refractivity contribution < 1.29 is 14.6 Å². The van der Waals surface area contributed by atoms with Gasteiger partial charge in [-0.15, -0.1) is 0 Å². The van der Waals surface area contributed by atoms with Crippen molar-refractivity contribution >= 4 is 23.3 Å². The number of carbonyl (C=O) groups is 1. The van der Waals surface area contributed by atoms with Crippen molar-refractivity contribution in [3.63, 3.8) is 0 Å². The Morgan fingerprint density at radius 1 is 0.904 bits per heavy atom. The van der Waals surface area contributed by atoms with Gasteiger partial charge in [0.15, 0.2) is 6.10 Å². The normalized spacial score (nSPS) is 20.1. The molecule has 3 aromatic rings. The molecule has 8 heteroatoms. The summed E-state index contributed by atoms with van der Waals surface area (Å²) in [4.78, 5) is 26.0. The van der Waals surface area contributed by atoms with E-state index in [4.69, 9.17) is 21.3 Å². The largest absolute Gasteiger partial charge is 0.479 e. The first-order chi connectivity index (χ1) is 24.4. The molecule has 2 fully saturated rings. The van der Waals surface area contributed by atoms with Gasteiger partial charge in [0.05, 0.1) is 17.0 Å². The molecule has 0 bridgehead atoms. The molecule has 6 rings (SSSR count). The van der Waals surface area contributed by atoms with Gasteiger partial charge in [0.1, 0.15) is 0 Å². The van der Waals surface area contributed by atoms with Crippen LogP contribution < -0.4 is 4.90 Å². The SMILES string of the molecule is Cc1cccc(Cl)c1CN1CCc2cc(-c3c(CN4CCC(C)(C)CC4)nc(C)c([C@H](OC(C)(C)C)C(=O)O)c3N3CCC(C)(C)CC3)ccc2C1. The zero-order chi connectivity index (χ0) is 37.6. The standard InChI is InChI=1S/C44H61ClN4O3/c1-29-11-10-12-35(45)34(29)27-48-20-15-31-25-32(13-14-33(31)26-48)38-36(28-47-21-16-43(6,7)17-22-47)46-30(2)37(40(41(50)51)52-42(3,4)5)39(38)49-23-18-44(8,9)19-24-49/h10-14,25,40H,15-24,26-28H2,1-9H3,(H,50,51)/t40-/m0/s1. The Bertz CT molecular complexity index is 1750. The third-order valence-electron chi connectivity index (χ3n) is 11.8. The monoisotopic (exact) mass is 728 g/mol. The zero-order valence-corrected chi connectivity index (χ0v) is 33.9. The van der Waals surface area contributed by atoms with E-state index in [0.29, 0.717) is 11.0 Å². The molecule has 1 aromatic heterocycles. The third kappa shape index (κ3) is 8.86. The van der Waals surface area contributed by atoms with Crippen LogP contribution in [-0.4, -0.2) is 64.2 Å². The topological polar surface area (TPSA) is 69.1 Å². The molecular weight excluding hydrogens is 668 g/mol. The number of pyridine rings is 1. The molecule has 0 amide bonds. The van der Waals surface area contributed by atoms with Crippen LogP contribution in [0, 0.1) is 24.7 Å². The molecule has 0 radical (unpaired) electrons. The van der Waals surface area contributed by atoms with Gasteiger partial charge < -0.3 is 14.7 Å². The highest BCUT2D eigenvalue weighted by Gasteiger charge is 2.38. The van der Waals surface area contributed by atoms with Crippen LogP contribution in [0.4, 0.5) is 5.69 Å². The van der Waals surface area contributed by atoms with Crippen molar-refractivity contribution in [2.24, 2.45) is 10.8 Å². The quantitative estimate of drug-likeness (QED) is 0.235. The number of aliphatic carboxylic acids is 1. The maximum absolute atomic E-state index is 13.2. The summed E-state index contributed by atoms with van der Waals surface area (Å²) in [5, 5.41) is 11.6. The third-order valence-corrected chi connectivity index (χ3v) is 12.1. The lowest BCUT2D eigenvalue weighted by Crippen LogP contribution is -2.40. The lowest BCUT2D eigenvalue weighted by molar-refractivity contribution is -0.160. The molecule has 1 atom stereocenters. The van der Waals surface area contributed by atoms with Gasteiger partial charge >= 0.3 is 5.97 Å². The van der Waals surface area contributed by atoms with E-state index >= 15 is 0 Å². The first-order valence-electron chi connectivity index (χ1n) is 19.4. The number of hydrogen-bond acceptors (Lipinski definition) is 6. The maximum Gasteiger partial charge on any atom is 0.337 e. The second-order valence-electron chi connectivity index (χ2n) is 18.3. The molecule has 52 heavy (non-hydrogen) atoms. The summed E-state index contributed by atoms with van der Waals surface area (Å²) in [5.41, 5.74) is 10.7. The number of carboxylic acids is 1. The Labute approximate surface area is 317 Å². The lowest BCUT2D eigenvalue weighted by atomic mass is 9.81. The van der Waals surface area contributed by atoms with Crippen molar-refractivity contribution in [2.45, 2.75) is 126 Å². The van der Waals surface area contributed by atoms with Gasteiger partial charge in [0, 0.05) is 61.1 Å². The van der Waals surface area contributed by atoms with E-state index in [1.807, 2.05) is 39.8 Å². The van der Waals surface area contributed by atoms with Crippen molar-refractivity contribution in [3.05, 3.63) is 80.6 Å². The second kappa shape index (κ2) is 15.0. The van der Waals surface area contributed by atoms with Crippen molar-refractivity contribution in [1.82, 2.24) is 14.8 Å². The smallest absolute Gasteiger partial charge is 0.337 e. The minimum atomic E-state index is -1.14. The average Bonchev–Trinajstić information content (AvgIpc) is 3.06. The summed E-state index contributed by atoms with van der Waals surface area (Å²) in [6.07, 6.45) is 4.17. The number of benzene rings is 2. The Balaban J connectivity index is 1.47. The number of fused-ring (bicyclic) bond motifs is 1. The molecule has 0 spiro atoms. The molecule has 3 aliphatic rings. The molecular formula is C44H61ClN4O3. The number of likely N-dealkylation sites (tertiary alicyclic amines) is 1. The van der Waals surface area contributed by atoms with Gasteiger partial charge in [-0.2, -0.15) is 0 Å². The highest BCUT2D eigenvalue weighted by Crippen LogP contribution is 2.46. The fourth-order valence-corrected chi connectivity index (χ4v) is 8.55. The average molecular weight is 729 g/mol. The first-order valence-corrected chi connectivity index (χ1v) is 19.8. The van der Waals surface area contributed by atoms with Gasteiger partial charge in [-0.05, 0) is 125 Å². The predicted octanol–water partition coefficient (Wildman–Crippen LogP) is 9.77. The minimum absolute atomic E-state index is 0.233. The number of rotatable bonds is 9. The molecule has 0 unspecified atom stereocenters. The van der Waals surface area contributed by atoms with E-state index < -0.39 is 17.7 Å². The lowest BCUT2D eigenvalue weighted by Gasteiger charge is -2.42. The summed E-state index contributed by atoms with van der Waals surface area (Å²) >= 11 is 6.65. The molecule has 2 saturated heterocycles. The molecule has 282 valence electrons. The van der Waals surface area contributed by atoms with E-state index in [1.54, 1.807) is 0 Å². The summed E-state index contributed by atoms with van der Waals surface area (Å²) < 4.78 is 6.42. The number of halogens is 1. The molecule has 2 aromatic carbocycles. The zero-order valence-electron chi connectivity index (χ0n) is 33.2. The van der Waals surface area contributed by atoms with Crippen molar-refractivity contribution in [2.75, 3.05) is 37.6 Å². The van der Waals surface area contributed by atoms with E-state index in [0.717, 1.165) is 118 Å². The van der Waals surface area contributed by atoms with Crippen LogP contribution in [0.3, 0.4) is 0 Å². The summed E-state index contributed by atoms with van der Waals surface area (Å²) in [5.74, 6) is -0.977. The number of aryl methyl sites for hydroxylation is 2. The van der Waals surface area contributed by atoms with Gasteiger partial charge in [0.2, 0.25) is 0 Å². The van der Waals surface area contributed by atoms with Crippen molar-refractivity contribution in [3.8, 4) is 11.1 Å². The fraction of sp³-hybridized carbons (Fsp3) is 0.591. The molecule has 4 heterocycles. The molecule has 0 saturated carbocycles. The molecule has 7 nitrogen and oxygen atoms in total. The Kier molecular flexibility index (Phi) is 11.2. The Morgan fingerprint density at radius 2 is 1.56 bits per heavy atom. The van der Waals surface area contributed by atoms with Crippen LogP contribution in [0.2, 0.25) is 5.02 Å². The van der Waals surface area contributed by atoms with Crippen LogP contribution in [0.1, 0.15) is 119 Å². The number of carboxylic acid groups (broad SMARTS) is 1. The van der Waals surface area contributed by atoms with Crippen molar-refractivity contribution in [1.29, 1.82) is 0 Å². The van der Waals surface area contributed by atoms with Crippen LogP contribution in [0.15, 0.2) is 36.4 Å². The number of piperidine rings is 2. The summed E-state index contributed by atoms with van der Waals surface area (Å²) in [7, 11) is 0. The number of ether oxygens (including phenoxy) is 1. The highest BCUT2D eigenvalue weighted by atomic mass is 35.5. The summed E-state index contributed by atoms with van der Waals surface area (Å²) in [6.45, 7) is 26.5. The fourth-order valence-electron chi connectivity index (χ4n) is 8.26. The van der Waals surface area contributed by atoms with Crippen LogP contribution >= 0.6 is 11.6 Å². The first kappa shape index (κ1) is 38.7. The van der Waals surface area contributed by atoms with E-state index in [1.165, 1.54) is 22.3 Å². The highest BCUT2D eigenvalue weighted by molar-refractivity contribution is 6.31. The Morgan fingerprint density at radius 3 is 2.17 bits per heavy atom. The molecule has 1 N–H and O–H groups in total. The van der Waals surface area contributed by atoms with Crippen LogP contribution in [0.25, 0.3) is 11.1 Å². The minimum Gasteiger partial charge on any atom is -0.479 e. The van der Waals surface area contributed by atoms with E-state index in [9.17, 15) is 9.90 Å². The van der Waals surface area contributed by atoms with Gasteiger partial charge in [-0.1, -0.05) is 69.6 Å². The number of nitrogens with zero attached hydrogens (tertiary/aromatic N) is 4. The Hall–Kier alpha value is -2.97. The van der Waals surface area contributed by atoms with Gasteiger partial charge in [-0.3, -0.25) is 14.8 Å². The van der Waals surface area contributed by atoms with Crippen LogP contribution in [0.5, 0.6) is 0 Å². The molecule has 3 aliphatic heterocycles. The van der Waals surface area contributed by atoms with Gasteiger partial charge in [-0.25, -0.2) is 4.79 Å². The molecule has 0 aliphatic carbocycles. The number of anilines is 1. The maximum atomic E-state index is 13.2.